The molecule has 0 saturated carbocycles. The van der Waals surface area contributed by atoms with Crippen LogP contribution >= 0.6 is 0 Å². The number of nitrogens with zero attached hydrogens (tertiary/aromatic N) is 2. The summed E-state index contributed by atoms with van der Waals surface area (Å²) in [4.78, 5) is 24.9. The van der Waals surface area contributed by atoms with Gasteiger partial charge in [0.2, 0.25) is 11.8 Å². The molecule has 0 fully saturated rings. The second-order valence-electron chi connectivity index (χ2n) is 6.26. The van der Waals surface area contributed by atoms with Gasteiger partial charge < -0.3 is 10.6 Å². The number of anilines is 2. The molecule has 0 radical (unpaired) electrons. The molecular formula is C20H18N4O2. The van der Waals surface area contributed by atoms with Crippen molar-refractivity contribution in [3.63, 3.8) is 0 Å². The SMILES string of the molecule is Cc1c(-c2ccccc2)nn2c1NC(=O)CC2C(=O)Nc1ccccc1. The zero-order valence-corrected chi connectivity index (χ0v) is 14.3. The first-order chi connectivity index (χ1) is 12.6. The van der Waals surface area contributed by atoms with Gasteiger partial charge in [0.25, 0.3) is 0 Å². The van der Waals surface area contributed by atoms with E-state index in [1.54, 1.807) is 4.68 Å². The average Bonchev–Trinajstić information content (AvgIpc) is 2.99. The highest BCUT2D eigenvalue weighted by Gasteiger charge is 2.34. The van der Waals surface area contributed by atoms with Gasteiger partial charge in [0.15, 0.2) is 0 Å². The number of carbonyl (C=O) groups is 2. The van der Waals surface area contributed by atoms with Crippen molar-refractivity contribution in [1.29, 1.82) is 0 Å². The summed E-state index contributed by atoms with van der Waals surface area (Å²) < 4.78 is 1.62. The summed E-state index contributed by atoms with van der Waals surface area (Å²) in [7, 11) is 0. The molecule has 0 spiro atoms. The summed E-state index contributed by atoms with van der Waals surface area (Å²) >= 11 is 0. The first-order valence-corrected chi connectivity index (χ1v) is 8.44. The number of hydrogen-bond donors (Lipinski definition) is 2. The Morgan fingerprint density at radius 3 is 2.46 bits per heavy atom. The fourth-order valence-corrected chi connectivity index (χ4v) is 3.16. The fraction of sp³-hybridized carbons (Fsp3) is 0.150. The minimum absolute atomic E-state index is 0.0566. The lowest BCUT2D eigenvalue weighted by atomic mass is 10.1. The Bertz CT molecular complexity index is 964. The minimum Gasteiger partial charge on any atom is -0.324 e. The highest BCUT2D eigenvalue weighted by Crippen LogP contribution is 2.34. The zero-order valence-electron chi connectivity index (χ0n) is 14.3. The van der Waals surface area contributed by atoms with Crippen LogP contribution in [-0.2, 0) is 9.59 Å². The molecule has 1 atom stereocenters. The lowest BCUT2D eigenvalue weighted by molar-refractivity contribution is -0.125. The topological polar surface area (TPSA) is 76.0 Å². The quantitative estimate of drug-likeness (QED) is 0.763. The molecule has 1 unspecified atom stereocenters. The number of fused-ring (bicyclic) bond motifs is 1. The second kappa shape index (κ2) is 6.48. The van der Waals surface area contributed by atoms with Crippen molar-refractivity contribution in [2.24, 2.45) is 0 Å². The van der Waals surface area contributed by atoms with Gasteiger partial charge in [-0.05, 0) is 19.1 Å². The van der Waals surface area contributed by atoms with Crippen LogP contribution in [0, 0.1) is 6.92 Å². The smallest absolute Gasteiger partial charge is 0.249 e. The predicted octanol–water partition coefficient (Wildman–Crippen LogP) is 3.38. The third-order valence-corrected chi connectivity index (χ3v) is 4.47. The van der Waals surface area contributed by atoms with Crippen molar-refractivity contribution >= 4 is 23.3 Å². The summed E-state index contributed by atoms with van der Waals surface area (Å²) in [5.41, 5.74) is 3.25. The summed E-state index contributed by atoms with van der Waals surface area (Å²) in [5, 5.41) is 10.4. The van der Waals surface area contributed by atoms with Crippen LogP contribution in [0.2, 0.25) is 0 Å². The van der Waals surface area contributed by atoms with E-state index in [0.717, 1.165) is 16.8 Å². The molecule has 4 rings (SSSR count). The molecule has 26 heavy (non-hydrogen) atoms. The maximum absolute atomic E-state index is 12.8. The molecule has 1 aliphatic rings. The van der Waals surface area contributed by atoms with E-state index in [4.69, 9.17) is 0 Å². The van der Waals surface area contributed by atoms with Crippen LogP contribution in [0.15, 0.2) is 60.7 Å². The highest BCUT2D eigenvalue weighted by molar-refractivity contribution is 6.02. The van der Waals surface area contributed by atoms with Crippen LogP contribution in [-0.4, -0.2) is 21.6 Å². The van der Waals surface area contributed by atoms with Gasteiger partial charge in [0.1, 0.15) is 11.9 Å². The van der Waals surface area contributed by atoms with Crippen LogP contribution in [0.25, 0.3) is 11.3 Å². The maximum atomic E-state index is 12.8. The van der Waals surface area contributed by atoms with Gasteiger partial charge in [0, 0.05) is 16.8 Å². The standard InChI is InChI=1S/C20H18N4O2/c1-13-18(14-8-4-2-5-9-14)23-24-16(12-17(25)22-19(13)24)20(26)21-15-10-6-3-7-11-15/h2-11,16H,12H2,1H3,(H,21,26)(H,22,25). The molecule has 0 bridgehead atoms. The number of aromatic nitrogens is 2. The monoisotopic (exact) mass is 346 g/mol. The minimum atomic E-state index is -0.685. The first kappa shape index (κ1) is 16.1. The van der Waals surface area contributed by atoms with E-state index in [1.165, 1.54) is 0 Å². The van der Waals surface area contributed by atoms with Gasteiger partial charge in [-0.3, -0.25) is 9.59 Å². The van der Waals surface area contributed by atoms with Gasteiger partial charge in [0.05, 0.1) is 12.1 Å². The molecule has 130 valence electrons. The van der Waals surface area contributed by atoms with Crippen molar-refractivity contribution in [2.75, 3.05) is 10.6 Å². The maximum Gasteiger partial charge on any atom is 0.249 e. The van der Waals surface area contributed by atoms with E-state index in [2.05, 4.69) is 15.7 Å². The molecule has 6 nitrogen and oxygen atoms in total. The van der Waals surface area contributed by atoms with E-state index in [-0.39, 0.29) is 18.2 Å². The van der Waals surface area contributed by atoms with Gasteiger partial charge in [-0.2, -0.15) is 5.10 Å². The fourth-order valence-electron chi connectivity index (χ4n) is 3.16. The van der Waals surface area contributed by atoms with Crippen LogP contribution in [0.4, 0.5) is 11.5 Å². The van der Waals surface area contributed by atoms with Crippen molar-refractivity contribution in [1.82, 2.24) is 9.78 Å². The number of rotatable bonds is 3. The molecule has 3 aromatic rings. The normalized spacial score (nSPS) is 15.9. The lowest BCUT2D eigenvalue weighted by Gasteiger charge is -2.24. The van der Waals surface area contributed by atoms with Crippen molar-refractivity contribution in [3.05, 3.63) is 66.2 Å². The number of hydrogen-bond acceptors (Lipinski definition) is 3. The van der Waals surface area contributed by atoms with Crippen molar-refractivity contribution in [3.8, 4) is 11.3 Å². The number of para-hydroxylation sites is 1. The van der Waals surface area contributed by atoms with Crippen molar-refractivity contribution in [2.45, 2.75) is 19.4 Å². The molecule has 1 aromatic heterocycles. The highest BCUT2D eigenvalue weighted by atomic mass is 16.2. The molecule has 2 N–H and O–H groups in total. The van der Waals surface area contributed by atoms with E-state index >= 15 is 0 Å². The Hall–Kier alpha value is -3.41. The second-order valence-corrected chi connectivity index (χ2v) is 6.26. The Balaban J connectivity index is 1.71. The van der Waals surface area contributed by atoms with Crippen molar-refractivity contribution < 1.29 is 9.59 Å². The zero-order chi connectivity index (χ0) is 18.1. The first-order valence-electron chi connectivity index (χ1n) is 8.44. The van der Waals surface area contributed by atoms with E-state index in [1.807, 2.05) is 67.6 Å². The summed E-state index contributed by atoms with van der Waals surface area (Å²) in [6.45, 7) is 1.90. The Labute approximate surface area is 150 Å². The molecule has 6 heteroatoms. The predicted molar refractivity (Wildman–Crippen MR) is 99.8 cm³/mol. The van der Waals surface area contributed by atoms with Crippen LogP contribution in [0.5, 0.6) is 0 Å². The lowest BCUT2D eigenvalue weighted by Crippen LogP contribution is -2.35. The van der Waals surface area contributed by atoms with Crippen LogP contribution in [0.3, 0.4) is 0 Å². The molecule has 2 amide bonds. The number of nitrogens with one attached hydrogen (secondary N) is 2. The Morgan fingerprint density at radius 2 is 1.77 bits per heavy atom. The average molecular weight is 346 g/mol. The molecule has 0 aliphatic carbocycles. The van der Waals surface area contributed by atoms with Gasteiger partial charge >= 0.3 is 0 Å². The molecule has 0 saturated heterocycles. The summed E-state index contributed by atoms with van der Waals surface area (Å²) in [6.07, 6.45) is 0.0566. The van der Waals surface area contributed by atoms with E-state index in [0.29, 0.717) is 11.5 Å². The van der Waals surface area contributed by atoms with Gasteiger partial charge in [-0.25, -0.2) is 4.68 Å². The molecule has 2 heterocycles. The van der Waals surface area contributed by atoms with Gasteiger partial charge in [-0.15, -0.1) is 0 Å². The van der Waals surface area contributed by atoms with E-state index < -0.39 is 6.04 Å². The summed E-state index contributed by atoms with van der Waals surface area (Å²) in [5.74, 6) is 0.135. The van der Waals surface area contributed by atoms with E-state index in [9.17, 15) is 9.59 Å². The third kappa shape index (κ3) is 2.86. The van der Waals surface area contributed by atoms with Crippen LogP contribution in [0.1, 0.15) is 18.0 Å². The third-order valence-electron chi connectivity index (χ3n) is 4.47. The van der Waals surface area contributed by atoms with Gasteiger partial charge in [-0.1, -0.05) is 48.5 Å². The van der Waals surface area contributed by atoms with Crippen LogP contribution < -0.4 is 10.6 Å². The number of carbonyl (C=O) groups excluding carboxylic acids is 2. The molecule has 2 aromatic carbocycles. The number of benzene rings is 2. The summed E-state index contributed by atoms with van der Waals surface area (Å²) in [6, 6.07) is 18.2. The molecule has 1 aliphatic heterocycles. The Kier molecular flexibility index (Phi) is 4.01. The molecular weight excluding hydrogens is 328 g/mol. The Morgan fingerprint density at radius 1 is 1.12 bits per heavy atom. The number of amides is 2. The largest absolute Gasteiger partial charge is 0.324 e.